The zero-order valence-corrected chi connectivity index (χ0v) is 6.84. The van der Waals surface area contributed by atoms with Crippen molar-refractivity contribution in [1.29, 1.82) is 0 Å². The quantitative estimate of drug-likeness (QED) is 0.505. The highest BCUT2D eigenvalue weighted by Gasteiger charge is 2.42. The van der Waals surface area contributed by atoms with Crippen LogP contribution in [0.3, 0.4) is 0 Å². The van der Waals surface area contributed by atoms with E-state index in [1.165, 1.54) is 6.42 Å². The first-order chi connectivity index (χ1) is 5.42. The lowest BCUT2D eigenvalue weighted by molar-refractivity contribution is -0.0317. The normalized spacial score (nSPS) is 35.4. The Bertz CT molecular complexity index is 203. The third-order valence-electron chi connectivity index (χ3n) is 2.52. The van der Waals surface area contributed by atoms with Crippen LogP contribution in [0.1, 0.15) is 13.3 Å². The summed E-state index contributed by atoms with van der Waals surface area (Å²) in [5.74, 6) is 6.00. The molecule has 2 heteroatoms. The molecule has 2 heterocycles. The minimum atomic E-state index is 0.536. The molecule has 0 saturated carbocycles. The molecule has 0 spiro atoms. The molecule has 0 radical (unpaired) electrons. The van der Waals surface area contributed by atoms with E-state index in [2.05, 4.69) is 16.7 Å². The number of rotatable bonds is 1. The van der Waals surface area contributed by atoms with Crippen LogP contribution in [0, 0.1) is 11.8 Å². The fourth-order valence-corrected chi connectivity index (χ4v) is 1.82. The van der Waals surface area contributed by atoms with Crippen LogP contribution in [-0.4, -0.2) is 36.7 Å². The summed E-state index contributed by atoms with van der Waals surface area (Å²) in [6.07, 6.45) is 1.74. The maximum absolute atomic E-state index is 5.47. The molecule has 0 bridgehead atoms. The lowest BCUT2D eigenvalue weighted by atomic mass is 9.99. The smallest absolute Gasteiger partial charge is 0.0858 e. The fraction of sp³-hybridized carbons (Fsp3) is 0.778. The first-order valence-corrected chi connectivity index (χ1v) is 4.17. The average molecular weight is 151 g/mol. The summed E-state index contributed by atoms with van der Waals surface area (Å²) in [5, 5.41) is 0. The Balaban J connectivity index is 1.84. The predicted octanol–water partition coefficient (Wildman–Crippen LogP) is 0.483. The average Bonchev–Trinajstić information content (AvgIpc) is 2.33. The largest absolute Gasteiger partial charge is 0.375 e. The minimum absolute atomic E-state index is 0.536. The van der Waals surface area contributed by atoms with Crippen LogP contribution in [0.15, 0.2) is 0 Å². The number of likely N-dealkylation sites (tertiary alicyclic amines) is 1. The summed E-state index contributed by atoms with van der Waals surface area (Å²) in [7, 11) is 0. The van der Waals surface area contributed by atoms with Crippen molar-refractivity contribution in [2.45, 2.75) is 25.5 Å². The molecule has 2 aliphatic heterocycles. The van der Waals surface area contributed by atoms with E-state index in [0.717, 1.165) is 19.7 Å². The summed E-state index contributed by atoms with van der Waals surface area (Å²) < 4.78 is 5.47. The number of nitrogens with zero attached hydrogens (tertiary/aromatic N) is 1. The van der Waals surface area contributed by atoms with Gasteiger partial charge in [-0.1, -0.05) is 5.92 Å². The van der Waals surface area contributed by atoms with Crippen LogP contribution in [-0.2, 0) is 4.74 Å². The van der Waals surface area contributed by atoms with Gasteiger partial charge in [0.1, 0.15) is 0 Å². The lowest BCUT2D eigenvalue weighted by Gasteiger charge is -2.41. The minimum Gasteiger partial charge on any atom is -0.375 e. The lowest BCUT2D eigenvalue weighted by Crippen LogP contribution is -2.57. The van der Waals surface area contributed by atoms with Gasteiger partial charge in [0.15, 0.2) is 0 Å². The second-order valence-electron chi connectivity index (χ2n) is 3.12. The highest BCUT2D eigenvalue weighted by Crippen LogP contribution is 2.28. The Hall–Kier alpha value is -0.520. The van der Waals surface area contributed by atoms with Gasteiger partial charge in [-0.15, -0.1) is 5.92 Å². The van der Waals surface area contributed by atoms with Crippen molar-refractivity contribution in [3.63, 3.8) is 0 Å². The highest BCUT2D eigenvalue weighted by atomic mass is 16.5. The van der Waals surface area contributed by atoms with Crippen molar-refractivity contribution >= 4 is 0 Å². The van der Waals surface area contributed by atoms with Crippen LogP contribution in [0.2, 0.25) is 0 Å². The van der Waals surface area contributed by atoms with E-state index in [9.17, 15) is 0 Å². The van der Waals surface area contributed by atoms with E-state index in [4.69, 9.17) is 4.74 Å². The van der Waals surface area contributed by atoms with Crippen LogP contribution >= 0.6 is 0 Å². The second-order valence-corrected chi connectivity index (χ2v) is 3.12. The van der Waals surface area contributed by atoms with Crippen LogP contribution in [0.4, 0.5) is 0 Å². The number of ether oxygens (including phenoxy) is 1. The van der Waals surface area contributed by atoms with Crippen molar-refractivity contribution in [3.8, 4) is 11.8 Å². The molecule has 0 aromatic carbocycles. The highest BCUT2D eigenvalue weighted by molar-refractivity contribution is 5.05. The van der Waals surface area contributed by atoms with Gasteiger partial charge in [0.25, 0.3) is 0 Å². The van der Waals surface area contributed by atoms with E-state index in [0.29, 0.717) is 12.1 Å². The molecule has 60 valence electrons. The molecule has 11 heavy (non-hydrogen) atoms. The van der Waals surface area contributed by atoms with Crippen molar-refractivity contribution < 1.29 is 4.74 Å². The standard InChI is InChI=1S/C9H13NO/c1-2-3-5-10-7-9-8(10)4-6-11-9/h8-9H,4-7H2,1H3. The molecule has 2 unspecified atom stereocenters. The van der Waals surface area contributed by atoms with Crippen molar-refractivity contribution in [3.05, 3.63) is 0 Å². The molecular weight excluding hydrogens is 138 g/mol. The summed E-state index contributed by atoms with van der Waals surface area (Å²) in [5.41, 5.74) is 0. The van der Waals surface area contributed by atoms with Gasteiger partial charge in [0.2, 0.25) is 0 Å². The van der Waals surface area contributed by atoms with Gasteiger partial charge in [-0.3, -0.25) is 4.90 Å². The van der Waals surface area contributed by atoms with Crippen LogP contribution in [0.5, 0.6) is 0 Å². The van der Waals surface area contributed by atoms with Gasteiger partial charge in [0, 0.05) is 19.2 Å². The second kappa shape index (κ2) is 2.84. The molecule has 2 atom stereocenters. The molecule has 2 fully saturated rings. The van der Waals surface area contributed by atoms with E-state index >= 15 is 0 Å². The third-order valence-corrected chi connectivity index (χ3v) is 2.52. The van der Waals surface area contributed by atoms with E-state index in [1.54, 1.807) is 0 Å². The predicted molar refractivity (Wildman–Crippen MR) is 43.2 cm³/mol. The van der Waals surface area contributed by atoms with Crippen LogP contribution < -0.4 is 0 Å². The van der Waals surface area contributed by atoms with Gasteiger partial charge in [-0.05, 0) is 13.3 Å². The van der Waals surface area contributed by atoms with E-state index < -0.39 is 0 Å². The monoisotopic (exact) mass is 151 g/mol. The fourth-order valence-electron chi connectivity index (χ4n) is 1.82. The Kier molecular flexibility index (Phi) is 1.85. The van der Waals surface area contributed by atoms with Crippen LogP contribution in [0.25, 0.3) is 0 Å². The summed E-state index contributed by atoms with van der Waals surface area (Å²) >= 11 is 0. The SMILES string of the molecule is CC#CCN1CC2OCCC21. The van der Waals surface area contributed by atoms with Gasteiger partial charge >= 0.3 is 0 Å². The maximum atomic E-state index is 5.47. The van der Waals surface area contributed by atoms with E-state index in [-0.39, 0.29) is 0 Å². The van der Waals surface area contributed by atoms with Gasteiger partial charge < -0.3 is 4.74 Å². The molecule has 2 nitrogen and oxygen atoms in total. The molecule has 2 aliphatic rings. The molecule has 0 aromatic heterocycles. The first kappa shape index (κ1) is 7.15. The summed E-state index contributed by atoms with van der Waals surface area (Å²) in [6, 6.07) is 0.691. The number of hydrogen-bond donors (Lipinski definition) is 0. The molecule has 2 saturated heterocycles. The van der Waals surface area contributed by atoms with Crippen molar-refractivity contribution in [2.24, 2.45) is 0 Å². The summed E-state index contributed by atoms with van der Waals surface area (Å²) in [6.45, 7) is 4.87. The zero-order chi connectivity index (χ0) is 7.68. The summed E-state index contributed by atoms with van der Waals surface area (Å²) in [4.78, 5) is 2.40. The Morgan fingerprint density at radius 3 is 3.27 bits per heavy atom. The molecule has 0 aliphatic carbocycles. The molecule has 0 amide bonds. The van der Waals surface area contributed by atoms with E-state index in [1.807, 2.05) is 6.92 Å². The third kappa shape index (κ3) is 1.15. The van der Waals surface area contributed by atoms with Gasteiger partial charge in [-0.2, -0.15) is 0 Å². The van der Waals surface area contributed by atoms with Crippen molar-refractivity contribution in [1.82, 2.24) is 4.90 Å². The maximum Gasteiger partial charge on any atom is 0.0858 e. The Labute approximate surface area is 67.5 Å². The number of fused-ring (bicyclic) bond motifs is 1. The molecule has 0 aromatic rings. The van der Waals surface area contributed by atoms with Gasteiger partial charge in [0.05, 0.1) is 12.6 Å². The first-order valence-electron chi connectivity index (χ1n) is 4.17. The topological polar surface area (TPSA) is 12.5 Å². The Morgan fingerprint density at radius 1 is 1.64 bits per heavy atom. The number of hydrogen-bond acceptors (Lipinski definition) is 2. The molecule has 2 rings (SSSR count). The Morgan fingerprint density at radius 2 is 2.55 bits per heavy atom. The van der Waals surface area contributed by atoms with Gasteiger partial charge in [-0.25, -0.2) is 0 Å². The molecule has 0 N–H and O–H groups in total. The molecular formula is C9H13NO. The van der Waals surface area contributed by atoms with Crippen molar-refractivity contribution in [2.75, 3.05) is 19.7 Å². The zero-order valence-electron chi connectivity index (χ0n) is 6.84.